The molecule has 5 heteroatoms. The van der Waals surface area contributed by atoms with E-state index >= 15 is 0 Å². The van der Waals surface area contributed by atoms with Gasteiger partial charge in [-0.2, -0.15) is 0 Å². The summed E-state index contributed by atoms with van der Waals surface area (Å²) in [4.78, 5) is 10.9. The predicted octanol–water partition coefficient (Wildman–Crippen LogP) is 0.871. The first kappa shape index (κ1) is 11.7. The van der Waals surface area contributed by atoms with Gasteiger partial charge in [-0.3, -0.25) is 9.98 Å². The molecule has 5 nitrogen and oxygen atoms in total. The van der Waals surface area contributed by atoms with Gasteiger partial charge in [-0.15, -0.1) is 0 Å². The Bertz CT molecular complexity index is 405. The Morgan fingerprint density at radius 1 is 1.53 bits per heavy atom. The zero-order valence-electron chi connectivity index (χ0n) is 10.3. The number of nitrogens with one attached hydrogen (secondary N) is 1. The summed E-state index contributed by atoms with van der Waals surface area (Å²) in [5.74, 6) is 1.74. The van der Waals surface area contributed by atoms with Gasteiger partial charge in [-0.1, -0.05) is 0 Å². The molecule has 92 valence electrons. The van der Waals surface area contributed by atoms with Crippen LogP contribution in [0.25, 0.3) is 0 Å². The number of aromatic nitrogens is 1. The van der Waals surface area contributed by atoms with Gasteiger partial charge in [0.2, 0.25) is 0 Å². The van der Waals surface area contributed by atoms with Crippen molar-refractivity contribution in [1.29, 1.82) is 0 Å². The van der Waals surface area contributed by atoms with E-state index in [2.05, 4.69) is 20.2 Å². The number of pyridine rings is 1. The van der Waals surface area contributed by atoms with Crippen molar-refractivity contribution in [3.8, 4) is 5.75 Å². The van der Waals surface area contributed by atoms with Crippen molar-refractivity contribution in [2.24, 2.45) is 4.99 Å². The summed E-state index contributed by atoms with van der Waals surface area (Å²) >= 11 is 0. The minimum Gasteiger partial charge on any atom is -0.495 e. The first-order valence-electron chi connectivity index (χ1n) is 5.78. The number of rotatable bonds is 3. The number of hydrogen-bond acceptors (Lipinski definition) is 5. The lowest BCUT2D eigenvalue weighted by molar-refractivity contribution is 0.404. The van der Waals surface area contributed by atoms with Gasteiger partial charge in [0, 0.05) is 26.3 Å². The van der Waals surface area contributed by atoms with Gasteiger partial charge in [0.15, 0.2) is 5.96 Å². The fraction of sp³-hybridized carbons (Fsp3) is 0.500. The Balaban J connectivity index is 1.99. The van der Waals surface area contributed by atoms with Crippen LogP contribution < -0.4 is 10.1 Å². The largest absolute Gasteiger partial charge is 0.495 e. The fourth-order valence-corrected chi connectivity index (χ4v) is 1.81. The van der Waals surface area contributed by atoms with Crippen LogP contribution in [-0.2, 0) is 6.54 Å². The van der Waals surface area contributed by atoms with Crippen molar-refractivity contribution in [1.82, 2.24) is 15.2 Å². The Labute approximate surface area is 102 Å². The first-order valence-corrected chi connectivity index (χ1v) is 5.78. The molecule has 1 aromatic rings. The molecule has 0 spiro atoms. The minimum absolute atomic E-state index is 0.632. The highest BCUT2D eigenvalue weighted by Crippen LogP contribution is 2.14. The maximum Gasteiger partial charge on any atom is 0.193 e. The van der Waals surface area contributed by atoms with Crippen molar-refractivity contribution in [3.63, 3.8) is 0 Å². The monoisotopic (exact) mass is 234 g/mol. The molecule has 1 N–H and O–H groups in total. The fourth-order valence-electron chi connectivity index (χ4n) is 1.81. The number of hydrogen-bond donors (Lipinski definition) is 1. The molecule has 0 bridgehead atoms. The van der Waals surface area contributed by atoms with E-state index in [1.807, 2.05) is 19.2 Å². The molecular weight excluding hydrogens is 216 g/mol. The molecule has 0 unspecified atom stereocenters. The molecule has 0 aromatic carbocycles. The molecule has 0 saturated carbocycles. The third kappa shape index (κ3) is 2.87. The average molecular weight is 234 g/mol. The van der Waals surface area contributed by atoms with Crippen molar-refractivity contribution in [3.05, 3.63) is 24.0 Å². The van der Waals surface area contributed by atoms with Crippen LogP contribution in [0, 0.1) is 0 Å². The molecule has 1 aliphatic heterocycles. The number of ether oxygens (including phenoxy) is 1. The van der Waals surface area contributed by atoms with E-state index < -0.39 is 0 Å². The van der Waals surface area contributed by atoms with Gasteiger partial charge in [0.25, 0.3) is 0 Å². The second-order valence-electron chi connectivity index (χ2n) is 3.99. The van der Waals surface area contributed by atoms with Crippen molar-refractivity contribution >= 4 is 5.96 Å². The van der Waals surface area contributed by atoms with Gasteiger partial charge in [-0.25, -0.2) is 0 Å². The summed E-state index contributed by atoms with van der Waals surface area (Å²) in [7, 11) is 3.70. The third-order valence-electron chi connectivity index (χ3n) is 2.76. The lowest BCUT2D eigenvalue weighted by Gasteiger charge is -2.25. The molecular formula is C12H18N4O. The van der Waals surface area contributed by atoms with Crippen LogP contribution in [0.4, 0.5) is 0 Å². The molecule has 1 aromatic heterocycles. The molecule has 0 fully saturated rings. The first-order chi connectivity index (χ1) is 8.31. The zero-order valence-corrected chi connectivity index (χ0v) is 10.3. The lowest BCUT2D eigenvalue weighted by atomic mass is 10.3. The van der Waals surface area contributed by atoms with E-state index in [1.165, 1.54) is 0 Å². The highest BCUT2D eigenvalue weighted by atomic mass is 16.5. The van der Waals surface area contributed by atoms with Crippen LogP contribution in [-0.4, -0.2) is 43.1 Å². The number of guanidine groups is 1. The van der Waals surface area contributed by atoms with Crippen LogP contribution >= 0.6 is 0 Å². The minimum atomic E-state index is 0.632. The number of aliphatic imine (C=N–C) groups is 1. The van der Waals surface area contributed by atoms with E-state index in [4.69, 9.17) is 4.74 Å². The standard InChI is InChI=1S/C12H18N4O/c1-16-8-4-7-14-12(16)15-9-10-11(17-2)5-3-6-13-10/h3,5-6H,4,7-9H2,1-2H3,(H,14,15). The summed E-state index contributed by atoms with van der Waals surface area (Å²) in [6.45, 7) is 2.57. The average Bonchev–Trinajstić information content (AvgIpc) is 2.38. The zero-order chi connectivity index (χ0) is 12.1. The van der Waals surface area contributed by atoms with E-state index in [-0.39, 0.29) is 0 Å². The van der Waals surface area contributed by atoms with Crippen molar-refractivity contribution in [2.75, 3.05) is 27.2 Å². The van der Waals surface area contributed by atoms with Gasteiger partial charge in [-0.05, 0) is 18.6 Å². The molecule has 0 aliphatic carbocycles. The van der Waals surface area contributed by atoms with Gasteiger partial charge in [0.05, 0.1) is 13.7 Å². The van der Waals surface area contributed by atoms with E-state index in [0.717, 1.165) is 36.9 Å². The van der Waals surface area contributed by atoms with E-state index in [0.29, 0.717) is 6.54 Å². The van der Waals surface area contributed by atoms with Crippen LogP contribution in [0.2, 0.25) is 0 Å². The summed E-state index contributed by atoms with van der Waals surface area (Å²) in [5.41, 5.74) is 0.900. The van der Waals surface area contributed by atoms with Gasteiger partial charge < -0.3 is 15.0 Å². The maximum atomic E-state index is 5.26. The molecule has 2 rings (SSSR count). The molecule has 0 atom stereocenters. The summed E-state index contributed by atoms with van der Waals surface area (Å²) in [6.07, 6.45) is 2.89. The lowest BCUT2D eigenvalue weighted by Crippen LogP contribution is -2.41. The summed E-state index contributed by atoms with van der Waals surface area (Å²) in [6, 6.07) is 3.78. The van der Waals surface area contributed by atoms with Crippen molar-refractivity contribution in [2.45, 2.75) is 13.0 Å². The van der Waals surface area contributed by atoms with Crippen LogP contribution in [0.5, 0.6) is 5.75 Å². The maximum absolute atomic E-state index is 5.26. The Kier molecular flexibility index (Phi) is 3.80. The summed E-state index contributed by atoms with van der Waals surface area (Å²) in [5, 5.41) is 3.30. The quantitative estimate of drug-likeness (QED) is 0.843. The van der Waals surface area contributed by atoms with E-state index in [9.17, 15) is 0 Å². The predicted molar refractivity (Wildman–Crippen MR) is 67.2 cm³/mol. The number of nitrogens with zero attached hydrogens (tertiary/aromatic N) is 3. The molecule has 1 aliphatic rings. The summed E-state index contributed by atoms with van der Waals surface area (Å²) < 4.78 is 5.26. The molecule has 2 heterocycles. The third-order valence-corrected chi connectivity index (χ3v) is 2.76. The normalized spacial score (nSPS) is 15.4. The highest BCUT2D eigenvalue weighted by molar-refractivity contribution is 5.80. The van der Waals surface area contributed by atoms with Crippen LogP contribution in [0.1, 0.15) is 12.1 Å². The van der Waals surface area contributed by atoms with Crippen LogP contribution in [0.15, 0.2) is 23.3 Å². The Hall–Kier alpha value is -1.78. The highest BCUT2D eigenvalue weighted by Gasteiger charge is 2.11. The van der Waals surface area contributed by atoms with E-state index in [1.54, 1.807) is 13.3 Å². The molecule has 0 amide bonds. The molecule has 0 saturated heterocycles. The Morgan fingerprint density at radius 2 is 2.41 bits per heavy atom. The second kappa shape index (κ2) is 5.52. The molecule has 17 heavy (non-hydrogen) atoms. The van der Waals surface area contributed by atoms with Gasteiger partial charge in [0.1, 0.15) is 11.4 Å². The second-order valence-corrected chi connectivity index (χ2v) is 3.99. The Morgan fingerprint density at radius 3 is 3.18 bits per heavy atom. The SMILES string of the molecule is COc1cccnc1CNC1=NCCCN1C. The topological polar surface area (TPSA) is 49.8 Å². The smallest absolute Gasteiger partial charge is 0.193 e. The number of methoxy groups -OCH3 is 1. The molecule has 0 radical (unpaired) electrons. The van der Waals surface area contributed by atoms with Gasteiger partial charge >= 0.3 is 0 Å². The van der Waals surface area contributed by atoms with Crippen molar-refractivity contribution < 1.29 is 4.74 Å². The van der Waals surface area contributed by atoms with Crippen LogP contribution in [0.3, 0.4) is 0 Å².